The molecule has 1 aromatic carbocycles. The van der Waals surface area contributed by atoms with Gasteiger partial charge in [-0.25, -0.2) is 0 Å². The fourth-order valence-corrected chi connectivity index (χ4v) is 3.15. The van der Waals surface area contributed by atoms with Gasteiger partial charge in [-0.3, -0.25) is 4.79 Å². The quantitative estimate of drug-likeness (QED) is 0.776. The van der Waals surface area contributed by atoms with E-state index in [0.717, 1.165) is 25.1 Å². The van der Waals surface area contributed by atoms with Gasteiger partial charge in [0.25, 0.3) is 5.91 Å². The molecule has 0 saturated carbocycles. The number of anilines is 1. The molecular formula is C16H21NO2. The molecule has 3 rings (SSSR count). The molecule has 3 nitrogen and oxygen atoms in total. The number of amides is 1. The standard InChI is InChI=1S/C16H21NO2/c1-11-6-7-12-13(9-11)17(10-16(12,2)3)15(18)14-5-4-8-19-14/h6-7,9,14H,4-5,8,10H2,1-3H3. The topological polar surface area (TPSA) is 29.5 Å². The van der Waals surface area contributed by atoms with Crippen LogP contribution in [-0.4, -0.2) is 25.2 Å². The fourth-order valence-electron chi connectivity index (χ4n) is 3.15. The molecule has 1 unspecified atom stereocenters. The maximum Gasteiger partial charge on any atom is 0.256 e. The number of aryl methyl sites for hydroxylation is 1. The van der Waals surface area contributed by atoms with Gasteiger partial charge < -0.3 is 9.64 Å². The van der Waals surface area contributed by atoms with Crippen LogP contribution in [0.25, 0.3) is 0 Å². The first-order chi connectivity index (χ1) is 8.99. The zero-order valence-electron chi connectivity index (χ0n) is 11.9. The van der Waals surface area contributed by atoms with E-state index in [-0.39, 0.29) is 17.4 Å². The normalized spacial score (nSPS) is 24.6. The Morgan fingerprint density at radius 1 is 1.42 bits per heavy atom. The molecule has 2 aliphatic rings. The lowest BCUT2D eigenvalue weighted by Crippen LogP contribution is -2.40. The van der Waals surface area contributed by atoms with Gasteiger partial charge in [-0.1, -0.05) is 26.0 Å². The van der Waals surface area contributed by atoms with Crippen LogP contribution in [0.3, 0.4) is 0 Å². The number of ether oxygens (including phenoxy) is 1. The number of hydrogen-bond acceptors (Lipinski definition) is 2. The number of carbonyl (C=O) groups excluding carboxylic acids is 1. The minimum Gasteiger partial charge on any atom is -0.368 e. The number of nitrogens with zero attached hydrogens (tertiary/aromatic N) is 1. The largest absolute Gasteiger partial charge is 0.368 e. The van der Waals surface area contributed by atoms with Crippen LogP contribution in [0.5, 0.6) is 0 Å². The number of carbonyl (C=O) groups is 1. The highest BCUT2D eigenvalue weighted by atomic mass is 16.5. The lowest BCUT2D eigenvalue weighted by Gasteiger charge is -2.23. The van der Waals surface area contributed by atoms with Crippen molar-refractivity contribution in [2.75, 3.05) is 18.1 Å². The van der Waals surface area contributed by atoms with Crippen molar-refractivity contribution in [2.24, 2.45) is 0 Å². The van der Waals surface area contributed by atoms with Gasteiger partial charge >= 0.3 is 0 Å². The molecule has 102 valence electrons. The van der Waals surface area contributed by atoms with Crippen LogP contribution in [-0.2, 0) is 14.9 Å². The molecule has 2 aliphatic heterocycles. The van der Waals surface area contributed by atoms with Crippen LogP contribution >= 0.6 is 0 Å². The fraction of sp³-hybridized carbons (Fsp3) is 0.562. The van der Waals surface area contributed by atoms with Crippen LogP contribution in [0.1, 0.15) is 37.8 Å². The molecule has 0 N–H and O–H groups in total. The summed E-state index contributed by atoms with van der Waals surface area (Å²) in [6.07, 6.45) is 1.62. The molecule has 0 bridgehead atoms. The Bertz CT molecular complexity index is 515. The Morgan fingerprint density at radius 3 is 2.89 bits per heavy atom. The highest BCUT2D eigenvalue weighted by molar-refractivity contribution is 5.99. The van der Waals surface area contributed by atoms with Crippen molar-refractivity contribution in [1.29, 1.82) is 0 Å². The van der Waals surface area contributed by atoms with Crippen LogP contribution < -0.4 is 4.90 Å². The van der Waals surface area contributed by atoms with Gasteiger partial charge in [0.1, 0.15) is 6.10 Å². The molecule has 3 heteroatoms. The molecule has 1 saturated heterocycles. The first kappa shape index (κ1) is 12.7. The Morgan fingerprint density at radius 2 is 2.21 bits per heavy atom. The van der Waals surface area contributed by atoms with E-state index in [0.29, 0.717) is 6.61 Å². The van der Waals surface area contributed by atoms with Crippen molar-refractivity contribution < 1.29 is 9.53 Å². The smallest absolute Gasteiger partial charge is 0.256 e. The second-order valence-corrected chi connectivity index (χ2v) is 6.33. The molecule has 0 spiro atoms. The molecule has 1 atom stereocenters. The third-order valence-electron chi connectivity index (χ3n) is 4.20. The van der Waals surface area contributed by atoms with Crippen molar-refractivity contribution in [2.45, 2.75) is 45.1 Å². The average molecular weight is 259 g/mol. The molecule has 2 heterocycles. The second kappa shape index (κ2) is 4.34. The van der Waals surface area contributed by atoms with Crippen molar-refractivity contribution >= 4 is 11.6 Å². The molecule has 1 amide bonds. The Balaban J connectivity index is 1.97. The molecule has 0 radical (unpaired) electrons. The Hall–Kier alpha value is -1.35. The van der Waals surface area contributed by atoms with Gasteiger partial charge in [-0.05, 0) is 37.0 Å². The van der Waals surface area contributed by atoms with Crippen molar-refractivity contribution in [3.63, 3.8) is 0 Å². The first-order valence-corrected chi connectivity index (χ1v) is 7.03. The summed E-state index contributed by atoms with van der Waals surface area (Å²) in [7, 11) is 0. The van der Waals surface area contributed by atoms with E-state index in [9.17, 15) is 4.79 Å². The predicted molar refractivity (Wildman–Crippen MR) is 75.5 cm³/mol. The van der Waals surface area contributed by atoms with Crippen LogP contribution in [0, 0.1) is 6.92 Å². The monoisotopic (exact) mass is 259 g/mol. The van der Waals surface area contributed by atoms with E-state index in [4.69, 9.17) is 4.74 Å². The summed E-state index contributed by atoms with van der Waals surface area (Å²) in [5, 5.41) is 0. The van der Waals surface area contributed by atoms with Gasteiger partial charge in [0.15, 0.2) is 0 Å². The zero-order valence-corrected chi connectivity index (χ0v) is 11.9. The zero-order chi connectivity index (χ0) is 13.6. The summed E-state index contributed by atoms with van der Waals surface area (Å²) in [4.78, 5) is 14.5. The van der Waals surface area contributed by atoms with E-state index >= 15 is 0 Å². The third kappa shape index (κ3) is 2.06. The molecule has 0 aromatic heterocycles. The van der Waals surface area contributed by atoms with Crippen LogP contribution in [0.15, 0.2) is 18.2 Å². The minimum absolute atomic E-state index is 0.0251. The van der Waals surface area contributed by atoms with Crippen molar-refractivity contribution in [3.05, 3.63) is 29.3 Å². The van der Waals surface area contributed by atoms with Gasteiger partial charge in [0, 0.05) is 24.3 Å². The predicted octanol–water partition coefficient (Wildman–Crippen LogP) is 2.80. The highest BCUT2D eigenvalue weighted by Gasteiger charge is 2.40. The SMILES string of the molecule is Cc1ccc2c(c1)N(C(=O)C1CCCO1)CC2(C)C. The number of hydrogen-bond donors (Lipinski definition) is 0. The Kier molecular flexibility index (Phi) is 2.90. The van der Waals surface area contributed by atoms with Crippen molar-refractivity contribution in [1.82, 2.24) is 0 Å². The van der Waals surface area contributed by atoms with E-state index < -0.39 is 0 Å². The molecule has 1 fully saturated rings. The average Bonchev–Trinajstić information content (AvgIpc) is 2.95. The highest BCUT2D eigenvalue weighted by Crippen LogP contribution is 2.41. The summed E-state index contributed by atoms with van der Waals surface area (Å²) in [6, 6.07) is 6.41. The first-order valence-electron chi connectivity index (χ1n) is 7.03. The summed E-state index contributed by atoms with van der Waals surface area (Å²) >= 11 is 0. The van der Waals surface area contributed by atoms with E-state index in [2.05, 4.69) is 39.0 Å². The van der Waals surface area contributed by atoms with Crippen LogP contribution in [0.2, 0.25) is 0 Å². The number of rotatable bonds is 1. The van der Waals surface area contributed by atoms with E-state index in [1.807, 2.05) is 4.90 Å². The van der Waals surface area contributed by atoms with E-state index in [1.165, 1.54) is 11.1 Å². The molecule has 0 aliphatic carbocycles. The summed E-state index contributed by atoms with van der Waals surface area (Å²) in [5.74, 6) is 0.134. The van der Waals surface area contributed by atoms with Gasteiger partial charge in [-0.2, -0.15) is 0 Å². The minimum atomic E-state index is -0.234. The third-order valence-corrected chi connectivity index (χ3v) is 4.20. The maximum atomic E-state index is 12.6. The Labute approximate surface area is 114 Å². The van der Waals surface area contributed by atoms with Gasteiger partial charge in [-0.15, -0.1) is 0 Å². The number of benzene rings is 1. The van der Waals surface area contributed by atoms with Gasteiger partial charge in [0.2, 0.25) is 0 Å². The van der Waals surface area contributed by atoms with Gasteiger partial charge in [0.05, 0.1) is 0 Å². The summed E-state index contributed by atoms with van der Waals surface area (Å²) in [6.45, 7) is 7.94. The van der Waals surface area contributed by atoms with Crippen molar-refractivity contribution in [3.8, 4) is 0 Å². The molecule has 19 heavy (non-hydrogen) atoms. The summed E-state index contributed by atoms with van der Waals surface area (Å²) in [5.41, 5.74) is 3.56. The second-order valence-electron chi connectivity index (χ2n) is 6.33. The lowest BCUT2D eigenvalue weighted by atomic mass is 9.87. The molecular weight excluding hydrogens is 238 g/mol. The molecule has 1 aromatic rings. The van der Waals surface area contributed by atoms with Crippen LogP contribution in [0.4, 0.5) is 5.69 Å². The maximum absolute atomic E-state index is 12.6. The summed E-state index contributed by atoms with van der Waals surface area (Å²) < 4.78 is 5.55. The van der Waals surface area contributed by atoms with E-state index in [1.54, 1.807) is 0 Å². The number of fused-ring (bicyclic) bond motifs is 1. The lowest BCUT2D eigenvalue weighted by molar-refractivity contribution is -0.127.